The number of piperidine rings is 1. The Labute approximate surface area is 150 Å². The van der Waals surface area contributed by atoms with Crippen LogP contribution in [-0.2, 0) is 0 Å². The second kappa shape index (κ2) is 9.14. The number of rotatable bonds is 2. The van der Waals surface area contributed by atoms with Crippen LogP contribution in [0.1, 0.15) is 53.9 Å². The van der Waals surface area contributed by atoms with Crippen molar-refractivity contribution in [2.75, 3.05) is 23.7 Å². The smallest absolute Gasteiger partial charge is 0.153 e. The van der Waals surface area contributed by atoms with Gasteiger partial charge in [0.1, 0.15) is 0 Å². The zero-order chi connectivity index (χ0) is 18.3. The standard InChI is InChI=1S/C14H19ClN4O.2C2H6/c1-2-14(20)3-5-19(6-4-14)12-8-11-9(7-10(12)15)13(16)18-17-11;2*1-2/h7-8,20H,2-6H2,1H3,(H3,16,17,18);2*1-2H3. The van der Waals surface area contributed by atoms with E-state index >= 15 is 0 Å². The highest BCUT2D eigenvalue weighted by atomic mass is 35.5. The Morgan fingerprint density at radius 2 is 1.83 bits per heavy atom. The summed E-state index contributed by atoms with van der Waals surface area (Å²) in [4.78, 5) is 2.21. The molecule has 0 saturated carbocycles. The first-order valence-corrected chi connectivity index (χ1v) is 9.30. The Morgan fingerprint density at radius 1 is 1.25 bits per heavy atom. The maximum absolute atomic E-state index is 10.3. The van der Waals surface area contributed by atoms with Crippen molar-refractivity contribution in [1.29, 1.82) is 0 Å². The summed E-state index contributed by atoms with van der Waals surface area (Å²) in [6, 6.07) is 3.84. The first-order valence-electron chi connectivity index (χ1n) is 8.93. The molecule has 1 fully saturated rings. The van der Waals surface area contributed by atoms with Gasteiger partial charge in [-0.3, -0.25) is 5.10 Å². The summed E-state index contributed by atoms with van der Waals surface area (Å²) in [5, 5.41) is 18.7. The number of benzene rings is 1. The predicted octanol–water partition coefficient (Wildman–Crippen LogP) is 4.59. The van der Waals surface area contributed by atoms with Gasteiger partial charge in [-0.05, 0) is 31.4 Å². The minimum absolute atomic E-state index is 0.465. The average Bonchev–Trinajstić information content (AvgIpc) is 2.99. The third kappa shape index (κ3) is 4.33. The van der Waals surface area contributed by atoms with E-state index in [4.69, 9.17) is 17.3 Å². The number of aromatic amines is 1. The number of anilines is 2. The summed E-state index contributed by atoms with van der Waals surface area (Å²) in [6.45, 7) is 11.6. The van der Waals surface area contributed by atoms with Crippen LogP contribution < -0.4 is 10.6 Å². The molecule has 0 unspecified atom stereocenters. The van der Waals surface area contributed by atoms with Gasteiger partial charge in [0.25, 0.3) is 0 Å². The molecule has 1 aliphatic rings. The average molecular weight is 355 g/mol. The number of halogens is 1. The molecule has 24 heavy (non-hydrogen) atoms. The number of hydrogen-bond donors (Lipinski definition) is 3. The Balaban J connectivity index is 0.000000671. The molecule has 2 heterocycles. The van der Waals surface area contributed by atoms with Crippen LogP contribution in [0.2, 0.25) is 5.02 Å². The lowest BCUT2D eigenvalue weighted by molar-refractivity contribution is 0.0126. The van der Waals surface area contributed by atoms with E-state index < -0.39 is 5.60 Å². The normalized spacial score (nSPS) is 16.0. The Bertz CT molecular complexity index is 633. The van der Waals surface area contributed by atoms with Gasteiger partial charge in [0.05, 0.1) is 21.8 Å². The lowest BCUT2D eigenvalue weighted by Crippen LogP contribution is -2.44. The lowest BCUT2D eigenvalue weighted by Gasteiger charge is -2.39. The minimum atomic E-state index is -0.522. The maximum atomic E-state index is 10.3. The molecule has 0 bridgehead atoms. The number of hydrogen-bond acceptors (Lipinski definition) is 4. The quantitative estimate of drug-likeness (QED) is 0.736. The Kier molecular flexibility index (Phi) is 7.84. The van der Waals surface area contributed by atoms with Crippen molar-refractivity contribution in [3.05, 3.63) is 17.2 Å². The van der Waals surface area contributed by atoms with Crippen molar-refractivity contribution in [2.45, 2.75) is 59.5 Å². The van der Waals surface area contributed by atoms with E-state index in [9.17, 15) is 5.11 Å². The highest BCUT2D eigenvalue weighted by Crippen LogP contribution is 2.35. The van der Waals surface area contributed by atoms with Crippen LogP contribution >= 0.6 is 11.6 Å². The van der Waals surface area contributed by atoms with Crippen LogP contribution in [0.3, 0.4) is 0 Å². The molecule has 2 aromatic rings. The van der Waals surface area contributed by atoms with Crippen molar-refractivity contribution in [1.82, 2.24) is 10.2 Å². The molecular formula is C18H31ClN4O. The number of fused-ring (bicyclic) bond motifs is 1. The third-order valence-electron chi connectivity index (χ3n) is 4.35. The number of nitrogens with one attached hydrogen (secondary N) is 1. The summed E-state index contributed by atoms with van der Waals surface area (Å²) in [5.74, 6) is 0.465. The number of aromatic nitrogens is 2. The number of H-pyrrole nitrogens is 1. The van der Waals surface area contributed by atoms with Crippen LogP contribution in [0, 0.1) is 0 Å². The van der Waals surface area contributed by atoms with Crippen molar-refractivity contribution in [2.24, 2.45) is 0 Å². The molecule has 1 saturated heterocycles. The second-order valence-electron chi connectivity index (χ2n) is 5.52. The second-order valence-corrected chi connectivity index (χ2v) is 5.93. The van der Waals surface area contributed by atoms with Crippen molar-refractivity contribution in [3.63, 3.8) is 0 Å². The highest BCUT2D eigenvalue weighted by molar-refractivity contribution is 6.34. The fourth-order valence-corrected chi connectivity index (χ4v) is 3.09. The molecule has 0 radical (unpaired) electrons. The fourth-order valence-electron chi connectivity index (χ4n) is 2.81. The fraction of sp³-hybridized carbons (Fsp3) is 0.611. The van der Waals surface area contributed by atoms with Crippen molar-refractivity contribution >= 4 is 34.0 Å². The van der Waals surface area contributed by atoms with Crippen LogP contribution in [0.5, 0.6) is 0 Å². The summed E-state index contributed by atoms with van der Waals surface area (Å²) < 4.78 is 0. The zero-order valence-corrected chi connectivity index (χ0v) is 16.2. The highest BCUT2D eigenvalue weighted by Gasteiger charge is 2.31. The molecule has 6 heteroatoms. The monoisotopic (exact) mass is 354 g/mol. The van der Waals surface area contributed by atoms with E-state index in [0.717, 1.165) is 48.9 Å². The summed E-state index contributed by atoms with van der Waals surface area (Å²) in [7, 11) is 0. The van der Waals surface area contributed by atoms with Crippen molar-refractivity contribution in [3.8, 4) is 0 Å². The van der Waals surface area contributed by atoms with Crippen LogP contribution in [-0.4, -0.2) is 34.0 Å². The molecule has 5 nitrogen and oxygen atoms in total. The molecule has 4 N–H and O–H groups in total. The summed E-state index contributed by atoms with van der Waals surface area (Å²) in [6.07, 6.45) is 2.33. The molecule has 0 amide bonds. The number of nitrogens with two attached hydrogens (primary N) is 1. The summed E-state index contributed by atoms with van der Waals surface area (Å²) >= 11 is 6.37. The van der Waals surface area contributed by atoms with Gasteiger partial charge >= 0.3 is 0 Å². The van der Waals surface area contributed by atoms with E-state index in [1.54, 1.807) is 0 Å². The first kappa shape index (κ1) is 20.6. The molecule has 1 aromatic heterocycles. The zero-order valence-electron chi connectivity index (χ0n) is 15.5. The largest absolute Gasteiger partial charge is 0.390 e. The number of nitrogens with zero attached hydrogens (tertiary/aromatic N) is 2. The van der Waals surface area contributed by atoms with Crippen LogP contribution in [0.25, 0.3) is 10.9 Å². The Morgan fingerprint density at radius 3 is 2.38 bits per heavy atom. The Hall–Kier alpha value is -1.46. The SMILES string of the molecule is CC.CC.CCC1(O)CCN(c2cc3[nH]nc(N)c3cc2Cl)CC1. The third-order valence-corrected chi connectivity index (χ3v) is 4.66. The van der Waals surface area contributed by atoms with Gasteiger partial charge in [0.15, 0.2) is 5.82 Å². The molecular weight excluding hydrogens is 324 g/mol. The summed E-state index contributed by atoms with van der Waals surface area (Å²) in [5.41, 5.74) is 7.12. The molecule has 3 rings (SSSR count). The van der Waals surface area contributed by atoms with E-state index in [1.165, 1.54) is 0 Å². The minimum Gasteiger partial charge on any atom is -0.390 e. The topological polar surface area (TPSA) is 78.2 Å². The van der Waals surface area contributed by atoms with E-state index in [-0.39, 0.29) is 0 Å². The van der Waals surface area contributed by atoms with Gasteiger partial charge in [-0.25, -0.2) is 0 Å². The van der Waals surface area contributed by atoms with Crippen LogP contribution in [0.4, 0.5) is 11.5 Å². The molecule has 0 atom stereocenters. The number of nitrogen functional groups attached to an aromatic ring is 1. The molecule has 0 spiro atoms. The molecule has 136 valence electrons. The molecule has 1 aromatic carbocycles. The van der Waals surface area contributed by atoms with Gasteiger partial charge in [-0.15, -0.1) is 0 Å². The maximum Gasteiger partial charge on any atom is 0.153 e. The van der Waals surface area contributed by atoms with Gasteiger partial charge in [0, 0.05) is 18.5 Å². The molecule has 0 aliphatic carbocycles. The predicted molar refractivity (Wildman–Crippen MR) is 105 cm³/mol. The molecule has 1 aliphatic heterocycles. The van der Waals surface area contributed by atoms with E-state index in [2.05, 4.69) is 15.1 Å². The number of aliphatic hydroxyl groups is 1. The van der Waals surface area contributed by atoms with Gasteiger partial charge < -0.3 is 15.7 Å². The lowest BCUT2D eigenvalue weighted by atomic mass is 9.89. The van der Waals surface area contributed by atoms with Gasteiger partial charge in [-0.1, -0.05) is 46.2 Å². The van der Waals surface area contributed by atoms with Gasteiger partial charge in [-0.2, -0.15) is 5.10 Å². The van der Waals surface area contributed by atoms with Gasteiger partial charge in [0.2, 0.25) is 0 Å². The van der Waals surface area contributed by atoms with Crippen molar-refractivity contribution < 1.29 is 5.11 Å². The van der Waals surface area contributed by atoms with E-state index in [0.29, 0.717) is 10.8 Å². The first-order chi connectivity index (χ1) is 11.5. The van der Waals surface area contributed by atoms with Crippen LogP contribution in [0.15, 0.2) is 12.1 Å². The van der Waals surface area contributed by atoms with E-state index in [1.807, 2.05) is 46.8 Å².